The zero-order valence-corrected chi connectivity index (χ0v) is 13.4. The summed E-state index contributed by atoms with van der Waals surface area (Å²) in [6, 6.07) is 5.02. The van der Waals surface area contributed by atoms with E-state index in [1.165, 1.54) is 29.5 Å². The summed E-state index contributed by atoms with van der Waals surface area (Å²) >= 11 is 3.59. The van der Waals surface area contributed by atoms with Crippen LogP contribution in [-0.2, 0) is 19.5 Å². The van der Waals surface area contributed by atoms with Crippen LogP contribution in [0.1, 0.15) is 29.5 Å². The maximum absolute atomic E-state index is 5.78. The van der Waals surface area contributed by atoms with E-state index in [0.717, 1.165) is 42.4 Å². The van der Waals surface area contributed by atoms with Crippen LogP contribution in [0.2, 0.25) is 0 Å². The highest BCUT2D eigenvalue weighted by Crippen LogP contribution is 2.33. The minimum atomic E-state index is 0.732. The van der Waals surface area contributed by atoms with Crippen LogP contribution in [0.4, 0.5) is 0 Å². The molecule has 1 aliphatic carbocycles. The summed E-state index contributed by atoms with van der Waals surface area (Å²) in [4.78, 5) is 0. The number of hydrogen-bond donors (Lipinski definition) is 1. The van der Waals surface area contributed by atoms with Gasteiger partial charge in [-0.05, 0) is 30.5 Å². The lowest BCUT2D eigenvalue weighted by Gasteiger charge is -2.09. The summed E-state index contributed by atoms with van der Waals surface area (Å²) in [5, 5.41) is 7.99. The second-order valence-corrected chi connectivity index (χ2v) is 6.77. The standard InChI is InChI=1S/C16H18BrN3O/c17-14-5-12-3-4-21-16(12)13(6-14)10-20-9-11(8-19-20)7-18-15-1-2-15/h5-6,8-9,15,18H,1-4,7,10H2. The summed E-state index contributed by atoms with van der Waals surface area (Å²) in [7, 11) is 0. The first-order chi connectivity index (χ1) is 10.3. The summed E-state index contributed by atoms with van der Waals surface area (Å²) in [5.74, 6) is 1.05. The van der Waals surface area contributed by atoms with Gasteiger partial charge < -0.3 is 10.1 Å². The van der Waals surface area contributed by atoms with Gasteiger partial charge in [-0.15, -0.1) is 0 Å². The van der Waals surface area contributed by atoms with Crippen molar-refractivity contribution in [1.82, 2.24) is 15.1 Å². The Hall–Kier alpha value is -1.33. The highest BCUT2D eigenvalue weighted by Gasteiger charge is 2.20. The van der Waals surface area contributed by atoms with Crippen molar-refractivity contribution in [3.05, 3.63) is 45.7 Å². The predicted octanol–water partition coefficient (Wildman–Crippen LogP) is 2.88. The highest BCUT2D eigenvalue weighted by atomic mass is 79.9. The van der Waals surface area contributed by atoms with E-state index in [1.54, 1.807) is 0 Å². The topological polar surface area (TPSA) is 39.1 Å². The van der Waals surface area contributed by atoms with E-state index in [2.05, 4.69) is 44.7 Å². The monoisotopic (exact) mass is 347 g/mol. The van der Waals surface area contributed by atoms with Gasteiger partial charge in [-0.1, -0.05) is 15.9 Å². The Bertz CT molecular complexity index is 664. The third kappa shape index (κ3) is 2.99. The number of hydrogen-bond acceptors (Lipinski definition) is 3. The second-order valence-electron chi connectivity index (χ2n) is 5.85. The van der Waals surface area contributed by atoms with Gasteiger partial charge >= 0.3 is 0 Å². The Morgan fingerprint density at radius 2 is 2.29 bits per heavy atom. The Labute approximate surface area is 132 Å². The molecule has 1 N–H and O–H groups in total. The molecule has 1 fully saturated rings. The highest BCUT2D eigenvalue weighted by molar-refractivity contribution is 9.10. The lowest BCUT2D eigenvalue weighted by atomic mass is 10.1. The molecular formula is C16H18BrN3O. The minimum Gasteiger partial charge on any atom is -0.493 e. The number of aromatic nitrogens is 2. The normalized spacial score (nSPS) is 16.8. The SMILES string of the molecule is Brc1cc2c(c(Cn3cc(CNC4CC4)cn3)c1)OCC2. The zero-order valence-electron chi connectivity index (χ0n) is 11.8. The van der Waals surface area contributed by atoms with E-state index in [1.807, 2.05) is 10.9 Å². The molecule has 0 atom stereocenters. The first-order valence-electron chi connectivity index (χ1n) is 7.47. The third-order valence-corrected chi connectivity index (χ3v) is 4.47. The average molecular weight is 348 g/mol. The minimum absolute atomic E-state index is 0.732. The quantitative estimate of drug-likeness (QED) is 0.903. The summed E-state index contributed by atoms with van der Waals surface area (Å²) in [5.41, 5.74) is 3.73. The Balaban J connectivity index is 1.50. The molecule has 0 spiro atoms. The summed E-state index contributed by atoms with van der Waals surface area (Å²) in [6.07, 6.45) is 7.70. The molecule has 5 heteroatoms. The van der Waals surface area contributed by atoms with E-state index in [9.17, 15) is 0 Å². The molecule has 0 unspecified atom stereocenters. The smallest absolute Gasteiger partial charge is 0.127 e. The molecular weight excluding hydrogens is 330 g/mol. The number of halogens is 1. The van der Waals surface area contributed by atoms with Gasteiger partial charge in [-0.2, -0.15) is 5.10 Å². The van der Waals surface area contributed by atoms with Crippen molar-refractivity contribution in [3.63, 3.8) is 0 Å². The van der Waals surface area contributed by atoms with Crippen molar-refractivity contribution in [1.29, 1.82) is 0 Å². The van der Waals surface area contributed by atoms with Crippen molar-refractivity contribution in [3.8, 4) is 5.75 Å². The van der Waals surface area contributed by atoms with Gasteiger partial charge in [-0.25, -0.2) is 0 Å². The lowest BCUT2D eigenvalue weighted by Crippen LogP contribution is -2.14. The van der Waals surface area contributed by atoms with Crippen LogP contribution >= 0.6 is 15.9 Å². The van der Waals surface area contributed by atoms with Gasteiger partial charge in [0, 0.05) is 40.8 Å². The van der Waals surface area contributed by atoms with E-state index < -0.39 is 0 Å². The molecule has 2 heterocycles. The molecule has 4 nitrogen and oxygen atoms in total. The number of ether oxygens (including phenoxy) is 1. The molecule has 0 radical (unpaired) electrons. The zero-order chi connectivity index (χ0) is 14.2. The largest absolute Gasteiger partial charge is 0.493 e. The summed E-state index contributed by atoms with van der Waals surface area (Å²) < 4.78 is 8.89. The van der Waals surface area contributed by atoms with Crippen LogP contribution in [0.3, 0.4) is 0 Å². The average Bonchev–Trinajstić information content (AvgIpc) is 2.98. The van der Waals surface area contributed by atoms with E-state index >= 15 is 0 Å². The van der Waals surface area contributed by atoms with E-state index in [0.29, 0.717) is 0 Å². The number of rotatable bonds is 5. The van der Waals surface area contributed by atoms with Gasteiger partial charge in [0.15, 0.2) is 0 Å². The fourth-order valence-electron chi connectivity index (χ4n) is 2.77. The molecule has 4 rings (SSSR count). The van der Waals surface area contributed by atoms with Crippen LogP contribution in [0, 0.1) is 0 Å². The van der Waals surface area contributed by atoms with Crippen LogP contribution in [0.25, 0.3) is 0 Å². The molecule has 1 saturated carbocycles. The first kappa shape index (κ1) is 13.3. The van der Waals surface area contributed by atoms with Crippen molar-refractivity contribution in [2.45, 2.75) is 38.4 Å². The van der Waals surface area contributed by atoms with Gasteiger partial charge in [0.05, 0.1) is 19.3 Å². The van der Waals surface area contributed by atoms with Crippen molar-refractivity contribution >= 4 is 15.9 Å². The molecule has 0 saturated heterocycles. The van der Waals surface area contributed by atoms with Crippen LogP contribution in [0.5, 0.6) is 5.75 Å². The Kier molecular flexibility index (Phi) is 3.47. The van der Waals surface area contributed by atoms with E-state index in [-0.39, 0.29) is 0 Å². The van der Waals surface area contributed by atoms with Crippen molar-refractivity contribution in [2.24, 2.45) is 0 Å². The maximum atomic E-state index is 5.78. The Morgan fingerprint density at radius 3 is 3.14 bits per heavy atom. The molecule has 0 bridgehead atoms. The molecule has 1 aromatic carbocycles. The van der Waals surface area contributed by atoms with Crippen LogP contribution < -0.4 is 10.1 Å². The van der Waals surface area contributed by atoms with Crippen molar-refractivity contribution in [2.75, 3.05) is 6.61 Å². The second kappa shape index (κ2) is 5.46. The molecule has 1 aliphatic heterocycles. The number of nitrogens with one attached hydrogen (secondary N) is 1. The number of nitrogens with zero attached hydrogens (tertiary/aromatic N) is 2. The predicted molar refractivity (Wildman–Crippen MR) is 84.5 cm³/mol. The molecule has 110 valence electrons. The van der Waals surface area contributed by atoms with Crippen LogP contribution in [-0.4, -0.2) is 22.4 Å². The lowest BCUT2D eigenvalue weighted by molar-refractivity contribution is 0.352. The van der Waals surface area contributed by atoms with Gasteiger partial charge in [0.25, 0.3) is 0 Å². The van der Waals surface area contributed by atoms with Crippen molar-refractivity contribution < 1.29 is 4.74 Å². The van der Waals surface area contributed by atoms with Gasteiger partial charge in [0.1, 0.15) is 5.75 Å². The molecule has 1 aromatic heterocycles. The molecule has 0 amide bonds. The van der Waals surface area contributed by atoms with Gasteiger partial charge in [0.2, 0.25) is 0 Å². The third-order valence-electron chi connectivity index (χ3n) is 4.02. The molecule has 21 heavy (non-hydrogen) atoms. The van der Waals surface area contributed by atoms with Gasteiger partial charge in [-0.3, -0.25) is 4.68 Å². The number of fused-ring (bicyclic) bond motifs is 1. The van der Waals surface area contributed by atoms with Crippen LogP contribution in [0.15, 0.2) is 29.0 Å². The van der Waals surface area contributed by atoms with E-state index in [4.69, 9.17) is 4.74 Å². The maximum Gasteiger partial charge on any atom is 0.127 e. The first-order valence-corrected chi connectivity index (χ1v) is 8.26. The molecule has 2 aliphatic rings. The fourth-order valence-corrected chi connectivity index (χ4v) is 3.32. The fraction of sp³-hybridized carbons (Fsp3) is 0.438. The Morgan fingerprint density at radius 1 is 1.38 bits per heavy atom. The summed E-state index contributed by atoms with van der Waals surface area (Å²) in [6.45, 7) is 2.46. The number of benzene rings is 1. The molecule has 2 aromatic rings.